The van der Waals surface area contributed by atoms with E-state index in [4.69, 9.17) is 28.5 Å². The van der Waals surface area contributed by atoms with Gasteiger partial charge in [-0.15, -0.1) is 0 Å². The molecule has 0 saturated carbocycles. The molecule has 0 aromatic carbocycles. The standard InChI is InChI=1S/C42H61FN6O11/c1-11-33-42(8,54)34-17-31(46-27(6)50)23(2)18-41(7,56-22-29(21-55-34)47-57-20-28-16-30(43)38(44-19-28)49-14-12-13-45-49)37(25(4)35(51)26(5)39(53)59-33)60-40-36(52)32(48(9)10)15-24(3)58-40/h12-14,16,19,23-26,32-34,36-37,40,52,54H,11,15,17-18,20-22H2,1-10H3/b46-31?,47-29-/t23-,24-,25+,26-,32+,33+,34+,36-,37-,40+,41-,42-/m1/s1. The topological polar surface area (TPSA) is 206 Å². The number of aliphatic hydroxyl groups is 2. The van der Waals surface area contributed by atoms with Gasteiger partial charge >= 0.3 is 5.97 Å². The van der Waals surface area contributed by atoms with E-state index >= 15 is 4.39 Å². The van der Waals surface area contributed by atoms with Gasteiger partial charge in [0.1, 0.15) is 36.0 Å². The summed E-state index contributed by atoms with van der Waals surface area (Å²) in [5.74, 6) is -5.38. The van der Waals surface area contributed by atoms with Gasteiger partial charge in [-0.25, -0.2) is 19.0 Å². The lowest BCUT2D eigenvalue weighted by atomic mass is 9.76. The molecule has 0 unspecified atom stereocenters. The molecule has 17 nitrogen and oxygen atoms in total. The highest BCUT2D eigenvalue weighted by atomic mass is 19.1. The second-order valence-corrected chi connectivity index (χ2v) is 17.0. The van der Waals surface area contributed by atoms with Gasteiger partial charge in [0.05, 0.1) is 37.1 Å². The number of likely N-dealkylation sites (N-methyl/N-ethyl adjacent to an activating group) is 1. The quantitative estimate of drug-likeness (QED) is 0.222. The van der Waals surface area contributed by atoms with Crippen LogP contribution < -0.4 is 0 Å². The number of rotatable bonds is 8. The first kappa shape index (κ1) is 47.0. The van der Waals surface area contributed by atoms with E-state index in [0.717, 1.165) is 0 Å². The first-order valence-corrected chi connectivity index (χ1v) is 20.5. The van der Waals surface area contributed by atoms with Crippen LogP contribution in [0.4, 0.5) is 4.39 Å². The number of nitrogens with zero attached hydrogens (tertiary/aromatic N) is 6. The maximum absolute atomic E-state index is 15.0. The number of esters is 1. The van der Waals surface area contributed by atoms with Crippen molar-refractivity contribution in [3.05, 3.63) is 42.1 Å². The Balaban J connectivity index is 1.61. The molecule has 60 heavy (non-hydrogen) atoms. The smallest absolute Gasteiger partial charge is 0.316 e. The van der Waals surface area contributed by atoms with Crippen molar-refractivity contribution < 1.29 is 57.5 Å². The molecule has 2 aromatic heterocycles. The van der Waals surface area contributed by atoms with Crippen LogP contribution in [0.2, 0.25) is 0 Å². The Bertz CT molecular complexity index is 1880. The average molecular weight is 845 g/mol. The van der Waals surface area contributed by atoms with Gasteiger partial charge in [0.25, 0.3) is 0 Å². The molecule has 0 radical (unpaired) electrons. The van der Waals surface area contributed by atoms with Gasteiger partial charge in [-0.05, 0) is 79.1 Å². The normalized spacial score (nSPS) is 36.4. The summed E-state index contributed by atoms with van der Waals surface area (Å²) in [5.41, 5.74) is -2.38. The van der Waals surface area contributed by atoms with Crippen molar-refractivity contribution in [1.82, 2.24) is 19.7 Å². The Hall–Kier alpha value is -4.04. The molecule has 1 amide bonds. The number of carbonyl (C=O) groups is 3. The number of aliphatic imine (C=N–C) groups is 1. The molecule has 2 N–H and O–H groups in total. The van der Waals surface area contributed by atoms with Gasteiger partial charge in [-0.3, -0.25) is 14.4 Å². The van der Waals surface area contributed by atoms with Crippen LogP contribution in [0.15, 0.2) is 40.9 Å². The van der Waals surface area contributed by atoms with E-state index in [1.165, 1.54) is 43.9 Å². The Morgan fingerprint density at radius 3 is 2.53 bits per heavy atom. The average Bonchev–Trinajstić information content (AvgIpc) is 3.72. The molecule has 5 heterocycles. The SMILES string of the molecule is CC[C@@H]1OC(=O)[C@H](C)C(=O)[C@H](C)[C@@H](O[C@@H]2O[C@H](C)C[C@H](N(C)C)[C@H]2O)[C@@]2(C)C[C@@H](C)C(=NC(C)=O)C[C@H](OC/C(=N/OCc3cnc(-n4cccn4)c(F)c3)CO2)[C@]1(C)O. The molecule has 2 aromatic rings. The van der Waals surface area contributed by atoms with Crippen molar-refractivity contribution in [2.45, 2.75) is 142 Å². The number of pyridine rings is 1. The van der Waals surface area contributed by atoms with Crippen LogP contribution in [0.5, 0.6) is 0 Å². The third kappa shape index (κ3) is 10.9. The lowest BCUT2D eigenvalue weighted by molar-refractivity contribution is -0.296. The molecule has 18 heteroatoms. The molecular formula is C42H61FN6O11. The highest BCUT2D eigenvalue weighted by Crippen LogP contribution is 2.39. The zero-order chi connectivity index (χ0) is 44.1. The van der Waals surface area contributed by atoms with Crippen molar-refractivity contribution in [1.29, 1.82) is 0 Å². The van der Waals surface area contributed by atoms with Gasteiger partial charge in [0.15, 0.2) is 23.7 Å². The third-order valence-electron chi connectivity index (χ3n) is 11.8. The highest BCUT2D eigenvalue weighted by Gasteiger charge is 2.51. The second-order valence-electron chi connectivity index (χ2n) is 17.0. The van der Waals surface area contributed by atoms with E-state index in [9.17, 15) is 24.6 Å². The minimum absolute atomic E-state index is 0.0105. The van der Waals surface area contributed by atoms with Crippen molar-refractivity contribution in [3.8, 4) is 5.82 Å². The number of Topliss-reactive ketones (excluding diaryl/α,β-unsaturated/α-hetero) is 1. The molecule has 3 fully saturated rings. The van der Waals surface area contributed by atoms with Crippen LogP contribution in [0.1, 0.15) is 86.6 Å². The predicted octanol–water partition coefficient (Wildman–Crippen LogP) is 3.60. The maximum atomic E-state index is 15.0. The molecule has 332 valence electrons. The van der Waals surface area contributed by atoms with Crippen LogP contribution in [-0.4, -0.2) is 140 Å². The van der Waals surface area contributed by atoms with E-state index in [2.05, 4.69) is 20.2 Å². The lowest BCUT2D eigenvalue weighted by Gasteiger charge is -2.47. The van der Waals surface area contributed by atoms with E-state index < -0.39 is 83.1 Å². The molecule has 3 aliphatic rings. The molecule has 2 bridgehead atoms. The number of halogens is 1. The molecule has 0 aliphatic carbocycles. The molecule has 12 atom stereocenters. The van der Waals surface area contributed by atoms with E-state index in [0.29, 0.717) is 17.7 Å². The number of cyclic esters (lactones) is 1. The third-order valence-corrected chi connectivity index (χ3v) is 11.8. The fourth-order valence-corrected chi connectivity index (χ4v) is 8.33. The van der Waals surface area contributed by atoms with Crippen molar-refractivity contribution in [2.24, 2.45) is 27.9 Å². The monoisotopic (exact) mass is 844 g/mol. The number of oxime groups is 1. The van der Waals surface area contributed by atoms with Crippen LogP contribution in [-0.2, 0) is 49.5 Å². The molecule has 3 aliphatic heterocycles. The van der Waals surface area contributed by atoms with Crippen LogP contribution in [0.25, 0.3) is 5.82 Å². The molecule has 3 saturated heterocycles. The minimum atomic E-state index is -1.87. The zero-order valence-corrected chi connectivity index (χ0v) is 36.2. The van der Waals surface area contributed by atoms with Crippen LogP contribution in [0.3, 0.4) is 0 Å². The number of amides is 1. The van der Waals surface area contributed by atoms with Crippen LogP contribution >= 0.6 is 0 Å². The highest BCUT2D eigenvalue weighted by molar-refractivity contribution is 6.00. The van der Waals surface area contributed by atoms with Crippen molar-refractivity contribution in [2.75, 3.05) is 27.3 Å². The molecular weight excluding hydrogens is 783 g/mol. The first-order valence-electron chi connectivity index (χ1n) is 20.5. The van der Waals surface area contributed by atoms with E-state index in [1.54, 1.807) is 33.0 Å². The number of aromatic nitrogens is 3. The van der Waals surface area contributed by atoms with Gasteiger partial charge in [0, 0.05) is 55.2 Å². The summed E-state index contributed by atoms with van der Waals surface area (Å²) >= 11 is 0. The Morgan fingerprint density at radius 2 is 1.90 bits per heavy atom. The Morgan fingerprint density at radius 1 is 1.17 bits per heavy atom. The van der Waals surface area contributed by atoms with Gasteiger partial charge in [-0.2, -0.15) is 5.10 Å². The predicted molar refractivity (Wildman–Crippen MR) is 216 cm³/mol. The fraction of sp³-hybridized carbons (Fsp3) is 0.690. The number of hydrogen-bond acceptors (Lipinski definition) is 15. The van der Waals surface area contributed by atoms with Gasteiger partial charge in [-0.1, -0.05) is 25.9 Å². The molecule has 0 spiro atoms. The number of ketones is 1. The summed E-state index contributed by atoms with van der Waals surface area (Å²) in [7, 11) is 3.69. The maximum Gasteiger partial charge on any atom is 0.316 e. The number of hydrogen-bond donors (Lipinski definition) is 2. The van der Waals surface area contributed by atoms with Gasteiger partial charge in [0.2, 0.25) is 5.91 Å². The summed E-state index contributed by atoms with van der Waals surface area (Å²) < 4.78 is 48.4. The number of ether oxygens (including phenoxy) is 5. The number of carbonyl (C=O) groups excluding carboxylic acids is 3. The van der Waals surface area contributed by atoms with E-state index in [1.807, 2.05) is 32.8 Å². The summed E-state index contributed by atoms with van der Waals surface area (Å²) in [6, 6.07) is 2.56. The number of fused-ring (bicyclic) bond motifs is 5. The Kier molecular flexibility index (Phi) is 15.5. The van der Waals surface area contributed by atoms with Crippen molar-refractivity contribution in [3.63, 3.8) is 0 Å². The summed E-state index contributed by atoms with van der Waals surface area (Å²) in [5, 5.41) is 32.2. The largest absolute Gasteiger partial charge is 0.459 e. The van der Waals surface area contributed by atoms with Gasteiger partial charge < -0.3 is 43.6 Å². The summed E-state index contributed by atoms with van der Waals surface area (Å²) in [6.45, 7) is 12.3. The number of aliphatic hydroxyl groups excluding tert-OH is 1. The zero-order valence-electron chi connectivity index (χ0n) is 36.2. The Labute approximate surface area is 350 Å². The van der Waals surface area contributed by atoms with Crippen LogP contribution in [0, 0.1) is 23.6 Å². The fourth-order valence-electron chi connectivity index (χ4n) is 8.33. The minimum Gasteiger partial charge on any atom is -0.459 e. The summed E-state index contributed by atoms with van der Waals surface area (Å²) in [4.78, 5) is 57.1. The second kappa shape index (κ2) is 19.8. The first-order chi connectivity index (χ1) is 28.2. The summed E-state index contributed by atoms with van der Waals surface area (Å²) in [6.07, 6.45) is -0.920. The van der Waals surface area contributed by atoms with Crippen molar-refractivity contribution >= 4 is 29.1 Å². The lowest BCUT2D eigenvalue weighted by Crippen LogP contribution is -2.59. The van der Waals surface area contributed by atoms with E-state index in [-0.39, 0.29) is 62.8 Å². The molecule has 5 rings (SSSR count).